The Morgan fingerprint density at radius 2 is 1.78 bits per heavy atom. The fourth-order valence-electron chi connectivity index (χ4n) is 1.75. The first kappa shape index (κ1) is 11.2. The molecule has 0 spiro atoms. The van der Waals surface area contributed by atoms with Crippen molar-refractivity contribution in [1.82, 2.24) is 9.97 Å². The Morgan fingerprint density at radius 3 is 2.39 bits per heavy atom. The van der Waals surface area contributed by atoms with Crippen molar-refractivity contribution in [3.63, 3.8) is 0 Å². The molecule has 4 heteroatoms. The molecule has 1 fully saturated rings. The summed E-state index contributed by atoms with van der Waals surface area (Å²) in [6.07, 6.45) is 6.15. The van der Waals surface area contributed by atoms with Gasteiger partial charge in [0.1, 0.15) is 11.6 Å². The quantitative estimate of drug-likeness (QED) is 0.890. The highest BCUT2D eigenvalue weighted by molar-refractivity contribution is 5.31. The van der Waals surface area contributed by atoms with Crippen LogP contribution in [0.5, 0.6) is 5.75 Å². The molecule has 1 saturated carbocycles. The minimum absolute atomic E-state index is 0.291. The third-order valence-electron chi connectivity index (χ3n) is 2.93. The standard InChI is InChI=1S/C14H15N3O/c15-13(14-16-8-1-9-17-14)10-2-4-11(5-3-10)18-12-6-7-12/h1-5,8-9,12-13H,6-7,15H2. The monoisotopic (exact) mass is 241 g/mol. The molecule has 4 nitrogen and oxygen atoms in total. The van der Waals surface area contributed by atoms with E-state index in [0.717, 1.165) is 11.3 Å². The van der Waals surface area contributed by atoms with Gasteiger partial charge in [-0.05, 0) is 36.6 Å². The molecule has 0 amide bonds. The zero-order chi connectivity index (χ0) is 12.4. The molecule has 0 saturated heterocycles. The van der Waals surface area contributed by atoms with Gasteiger partial charge in [-0.15, -0.1) is 0 Å². The van der Waals surface area contributed by atoms with Crippen molar-refractivity contribution < 1.29 is 4.74 Å². The van der Waals surface area contributed by atoms with E-state index in [9.17, 15) is 0 Å². The Labute approximate surface area is 106 Å². The SMILES string of the molecule is NC(c1ccc(OC2CC2)cc1)c1ncccn1. The summed E-state index contributed by atoms with van der Waals surface area (Å²) in [5.74, 6) is 1.54. The summed E-state index contributed by atoms with van der Waals surface area (Å²) in [7, 11) is 0. The van der Waals surface area contributed by atoms with Crippen LogP contribution in [0.1, 0.15) is 30.3 Å². The topological polar surface area (TPSA) is 61.0 Å². The van der Waals surface area contributed by atoms with Gasteiger partial charge in [-0.1, -0.05) is 12.1 Å². The minimum atomic E-state index is -0.291. The molecule has 1 aliphatic rings. The Bertz CT molecular complexity index is 508. The van der Waals surface area contributed by atoms with Gasteiger partial charge in [-0.25, -0.2) is 9.97 Å². The van der Waals surface area contributed by atoms with Crippen molar-refractivity contribution in [2.24, 2.45) is 5.73 Å². The van der Waals surface area contributed by atoms with E-state index in [4.69, 9.17) is 10.5 Å². The molecule has 92 valence electrons. The molecule has 0 bridgehead atoms. The number of hydrogen-bond acceptors (Lipinski definition) is 4. The highest BCUT2D eigenvalue weighted by Gasteiger charge is 2.23. The van der Waals surface area contributed by atoms with Crippen LogP contribution in [-0.2, 0) is 0 Å². The Balaban J connectivity index is 1.75. The molecular formula is C14H15N3O. The molecular weight excluding hydrogens is 226 g/mol. The highest BCUT2D eigenvalue weighted by Crippen LogP contribution is 2.27. The van der Waals surface area contributed by atoms with Crippen LogP contribution in [-0.4, -0.2) is 16.1 Å². The molecule has 1 aromatic heterocycles. The van der Waals surface area contributed by atoms with Gasteiger partial charge in [-0.2, -0.15) is 0 Å². The maximum atomic E-state index is 6.11. The van der Waals surface area contributed by atoms with Crippen LogP contribution in [0.15, 0.2) is 42.7 Å². The Morgan fingerprint density at radius 1 is 1.11 bits per heavy atom. The van der Waals surface area contributed by atoms with Gasteiger partial charge in [0.15, 0.2) is 0 Å². The van der Waals surface area contributed by atoms with Gasteiger partial charge in [0, 0.05) is 12.4 Å². The molecule has 3 rings (SSSR count). The summed E-state index contributed by atoms with van der Waals surface area (Å²) in [6.45, 7) is 0. The maximum absolute atomic E-state index is 6.11. The molecule has 2 aromatic rings. The average Bonchev–Trinajstić information content (AvgIpc) is 3.24. The van der Waals surface area contributed by atoms with Crippen molar-refractivity contribution in [2.45, 2.75) is 25.0 Å². The van der Waals surface area contributed by atoms with Gasteiger partial charge < -0.3 is 10.5 Å². The molecule has 0 radical (unpaired) electrons. The molecule has 2 N–H and O–H groups in total. The molecule has 1 atom stereocenters. The molecule has 1 unspecified atom stereocenters. The molecule has 1 aromatic carbocycles. The van der Waals surface area contributed by atoms with E-state index in [1.807, 2.05) is 24.3 Å². The van der Waals surface area contributed by atoms with Crippen molar-refractivity contribution in [2.75, 3.05) is 0 Å². The third-order valence-corrected chi connectivity index (χ3v) is 2.93. The van der Waals surface area contributed by atoms with Crippen molar-refractivity contribution in [3.8, 4) is 5.75 Å². The van der Waals surface area contributed by atoms with E-state index < -0.39 is 0 Å². The predicted octanol–water partition coefficient (Wildman–Crippen LogP) is 2.07. The maximum Gasteiger partial charge on any atom is 0.149 e. The lowest BCUT2D eigenvalue weighted by Crippen LogP contribution is -2.14. The second-order valence-corrected chi connectivity index (χ2v) is 4.47. The third kappa shape index (κ3) is 2.49. The summed E-state index contributed by atoms with van der Waals surface area (Å²) < 4.78 is 5.69. The number of benzene rings is 1. The van der Waals surface area contributed by atoms with E-state index in [-0.39, 0.29) is 6.04 Å². The smallest absolute Gasteiger partial charge is 0.149 e. The average molecular weight is 241 g/mol. The van der Waals surface area contributed by atoms with Gasteiger partial charge in [0.25, 0.3) is 0 Å². The summed E-state index contributed by atoms with van der Waals surface area (Å²) in [5.41, 5.74) is 7.10. The van der Waals surface area contributed by atoms with Crippen molar-refractivity contribution in [3.05, 3.63) is 54.1 Å². The Hall–Kier alpha value is -1.94. The lowest BCUT2D eigenvalue weighted by atomic mass is 10.1. The van der Waals surface area contributed by atoms with Gasteiger partial charge in [0.05, 0.1) is 12.1 Å². The van der Waals surface area contributed by atoms with E-state index >= 15 is 0 Å². The number of nitrogens with two attached hydrogens (primary N) is 1. The predicted molar refractivity (Wildman–Crippen MR) is 68.2 cm³/mol. The molecule has 18 heavy (non-hydrogen) atoms. The number of aromatic nitrogens is 2. The van der Waals surface area contributed by atoms with E-state index in [2.05, 4.69) is 9.97 Å². The second kappa shape index (κ2) is 4.74. The number of ether oxygens (including phenoxy) is 1. The minimum Gasteiger partial charge on any atom is -0.490 e. The molecule has 1 aliphatic carbocycles. The van der Waals surface area contributed by atoms with Crippen molar-refractivity contribution in [1.29, 1.82) is 0 Å². The first-order valence-corrected chi connectivity index (χ1v) is 6.12. The van der Waals surface area contributed by atoms with E-state index in [0.29, 0.717) is 11.9 Å². The molecule has 1 heterocycles. The lowest BCUT2D eigenvalue weighted by molar-refractivity contribution is 0.303. The van der Waals surface area contributed by atoms with Gasteiger partial charge in [0.2, 0.25) is 0 Å². The van der Waals surface area contributed by atoms with Crippen LogP contribution in [0.3, 0.4) is 0 Å². The van der Waals surface area contributed by atoms with Crippen LogP contribution in [0, 0.1) is 0 Å². The zero-order valence-electron chi connectivity index (χ0n) is 9.99. The molecule has 0 aliphatic heterocycles. The van der Waals surface area contributed by atoms with Gasteiger partial charge >= 0.3 is 0 Å². The largest absolute Gasteiger partial charge is 0.490 e. The van der Waals surface area contributed by atoms with E-state index in [1.54, 1.807) is 18.5 Å². The first-order chi connectivity index (χ1) is 8.83. The first-order valence-electron chi connectivity index (χ1n) is 6.12. The fraction of sp³-hybridized carbons (Fsp3) is 0.286. The zero-order valence-corrected chi connectivity index (χ0v) is 9.99. The summed E-state index contributed by atoms with van der Waals surface area (Å²) in [5, 5.41) is 0. The van der Waals surface area contributed by atoms with Crippen LogP contribution >= 0.6 is 0 Å². The van der Waals surface area contributed by atoms with Crippen LogP contribution < -0.4 is 10.5 Å². The van der Waals surface area contributed by atoms with Crippen LogP contribution in [0.25, 0.3) is 0 Å². The second-order valence-electron chi connectivity index (χ2n) is 4.47. The normalized spacial score (nSPS) is 16.3. The van der Waals surface area contributed by atoms with Crippen LogP contribution in [0.4, 0.5) is 0 Å². The van der Waals surface area contributed by atoms with E-state index in [1.165, 1.54) is 12.8 Å². The van der Waals surface area contributed by atoms with Crippen molar-refractivity contribution >= 4 is 0 Å². The summed E-state index contributed by atoms with van der Waals surface area (Å²) in [4.78, 5) is 8.34. The highest BCUT2D eigenvalue weighted by atomic mass is 16.5. The number of nitrogens with zero attached hydrogens (tertiary/aromatic N) is 2. The summed E-state index contributed by atoms with van der Waals surface area (Å²) in [6, 6.07) is 9.34. The number of rotatable bonds is 4. The fourth-order valence-corrected chi connectivity index (χ4v) is 1.75. The number of hydrogen-bond donors (Lipinski definition) is 1. The lowest BCUT2D eigenvalue weighted by Gasteiger charge is -2.11. The van der Waals surface area contributed by atoms with Gasteiger partial charge in [-0.3, -0.25) is 0 Å². The Kier molecular flexibility index (Phi) is 2.94. The van der Waals surface area contributed by atoms with Crippen LogP contribution in [0.2, 0.25) is 0 Å². The summed E-state index contributed by atoms with van der Waals surface area (Å²) >= 11 is 0.